The van der Waals surface area contributed by atoms with Crippen LogP contribution in [0.3, 0.4) is 0 Å². The molecule has 0 atom stereocenters. The molecule has 0 aromatic heterocycles. The van der Waals surface area contributed by atoms with E-state index in [2.05, 4.69) is 17.6 Å². The zero-order valence-corrected chi connectivity index (χ0v) is 16.5. The van der Waals surface area contributed by atoms with E-state index < -0.39 is 0 Å². The molecule has 2 rings (SSSR count). The second-order valence-corrected chi connectivity index (χ2v) is 6.20. The predicted octanol–water partition coefficient (Wildman–Crippen LogP) is 4.48. The number of anilines is 2. The van der Waals surface area contributed by atoms with Crippen molar-refractivity contribution in [3.8, 4) is 11.5 Å². The third-order valence-electron chi connectivity index (χ3n) is 3.82. The van der Waals surface area contributed by atoms with Crippen LogP contribution in [0.25, 0.3) is 6.08 Å². The molecule has 0 bridgehead atoms. The van der Waals surface area contributed by atoms with Gasteiger partial charge in [-0.3, -0.25) is 9.59 Å². The Morgan fingerprint density at radius 2 is 1.79 bits per heavy atom. The highest BCUT2D eigenvalue weighted by atomic mass is 16.5. The number of hydrogen-bond acceptors (Lipinski definition) is 4. The van der Waals surface area contributed by atoms with Gasteiger partial charge in [0.15, 0.2) is 11.5 Å². The topological polar surface area (TPSA) is 76.7 Å². The number of methoxy groups -OCH3 is 1. The van der Waals surface area contributed by atoms with E-state index in [-0.39, 0.29) is 11.8 Å². The lowest BCUT2D eigenvalue weighted by molar-refractivity contribution is -0.114. The molecule has 0 saturated heterocycles. The average Bonchev–Trinajstić information content (AvgIpc) is 2.67. The third-order valence-corrected chi connectivity index (χ3v) is 3.82. The van der Waals surface area contributed by atoms with E-state index in [1.54, 1.807) is 37.5 Å². The molecule has 0 heterocycles. The predicted molar refractivity (Wildman–Crippen MR) is 112 cm³/mol. The minimum Gasteiger partial charge on any atom is -0.493 e. The van der Waals surface area contributed by atoms with Crippen molar-refractivity contribution in [2.75, 3.05) is 24.4 Å². The molecule has 28 heavy (non-hydrogen) atoms. The fourth-order valence-electron chi connectivity index (χ4n) is 2.47. The van der Waals surface area contributed by atoms with Crippen LogP contribution in [0.2, 0.25) is 0 Å². The quantitative estimate of drug-likeness (QED) is 0.495. The van der Waals surface area contributed by atoms with Crippen molar-refractivity contribution < 1.29 is 19.1 Å². The average molecular weight is 382 g/mol. The zero-order chi connectivity index (χ0) is 20.4. The highest BCUT2D eigenvalue weighted by Crippen LogP contribution is 2.28. The largest absolute Gasteiger partial charge is 0.493 e. The van der Waals surface area contributed by atoms with Gasteiger partial charge in [0.25, 0.3) is 0 Å². The van der Waals surface area contributed by atoms with Crippen LogP contribution in [0, 0.1) is 0 Å². The van der Waals surface area contributed by atoms with Crippen LogP contribution in [0.5, 0.6) is 11.5 Å². The van der Waals surface area contributed by atoms with E-state index in [0.29, 0.717) is 29.5 Å². The highest BCUT2D eigenvalue weighted by Gasteiger charge is 2.05. The summed E-state index contributed by atoms with van der Waals surface area (Å²) >= 11 is 0. The summed E-state index contributed by atoms with van der Waals surface area (Å²) < 4.78 is 11.1. The fraction of sp³-hybridized carbons (Fsp3) is 0.273. The summed E-state index contributed by atoms with van der Waals surface area (Å²) in [6, 6.07) is 12.5. The number of carbonyl (C=O) groups excluding carboxylic acids is 2. The molecular weight excluding hydrogens is 356 g/mol. The maximum Gasteiger partial charge on any atom is 0.248 e. The van der Waals surface area contributed by atoms with Gasteiger partial charge in [-0.05, 0) is 48.4 Å². The number of nitrogens with one attached hydrogen (secondary N) is 2. The summed E-state index contributed by atoms with van der Waals surface area (Å²) in [6.07, 6.45) is 5.18. The first kappa shape index (κ1) is 21.0. The summed E-state index contributed by atoms with van der Waals surface area (Å²) in [4.78, 5) is 23.3. The number of carbonyl (C=O) groups is 2. The van der Waals surface area contributed by atoms with Gasteiger partial charge in [0.1, 0.15) is 0 Å². The number of rotatable bonds is 9. The van der Waals surface area contributed by atoms with Gasteiger partial charge in [0.05, 0.1) is 13.7 Å². The highest BCUT2D eigenvalue weighted by molar-refractivity contribution is 6.02. The van der Waals surface area contributed by atoms with Crippen molar-refractivity contribution in [2.45, 2.75) is 26.7 Å². The fourth-order valence-corrected chi connectivity index (χ4v) is 2.47. The van der Waals surface area contributed by atoms with Crippen LogP contribution >= 0.6 is 0 Å². The van der Waals surface area contributed by atoms with Crippen molar-refractivity contribution >= 4 is 29.3 Å². The Morgan fingerprint density at radius 1 is 1.04 bits per heavy atom. The van der Waals surface area contributed by atoms with Gasteiger partial charge in [-0.1, -0.05) is 25.5 Å². The Labute approximate surface area is 165 Å². The lowest BCUT2D eigenvalue weighted by atomic mass is 10.2. The van der Waals surface area contributed by atoms with Gasteiger partial charge in [-0.25, -0.2) is 0 Å². The maximum atomic E-state index is 12.2. The second-order valence-electron chi connectivity index (χ2n) is 6.20. The van der Waals surface area contributed by atoms with Crippen LogP contribution in [-0.4, -0.2) is 25.5 Å². The molecule has 0 fully saturated rings. The third kappa shape index (κ3) is 6.79. The van der Waals surface area contributed by atoms with E-state index in [1.165, 1.54) is 13.0 Å². The Bertz CT molecular complexity index is 846. The molecule has 6 heteroatoms. The maximum absolute atomic E-state index is 12.2. The summed E-state index contributed by atoms with van der Waals surface area (Å²) in [5.74, 6) is 0.871. The van der Waals surface area contributed by atoms with Gasteiger partial charge < -0.3 is 20.1 Å². The minimum absolute atomic E-state index is 0.167. The van der Waals surface area contributed by atoms with E-state index >= 15 is 0 Å². The number of unbranched alkanes of at least 4 members (excludes halogenated alkanes) is 1. The molecule has 2 aromatic rings. The summed E-state index contributed by atoms with van der Waals surface area (Å²) in [5, 5.41) is 5.45. The Morgan fingerprint density at radius 3 is 2.46 bits per heavy atom. The van der Waals surface area contributed by atoms with Crippen LogP contribution in [0.15, 0.2) is 48.5 Å². The second kappa shape index (κ2) is 10.8. The lowest BCUT2D eigenvalue weighted by Crippen LogP contribution is -2.09. The van der Waals surface area contributed by atoms with Crippen LogP contribution in [-0.2, 0) is 9.59 Å². The minimum atomic E-state index is -0.276. The molecule has 0 aliphatic heterocycles. The summed E-state index contributed by atoms with van der Waals surface area (Å²) in [5.41, 5.74) is 2.04. The van der Waals surface area contributed by atoms with Crippen molar-refractivity contribution in [3.05, 3.63) is 54.1 Å². The van der Waals surface area contributed by atoms with E-state index in [4.69, 9.17) is 9.47 Å². The Balaban J connectivity index is 2.00. The van der Waals surface area contributed by atoms with E-state index in [9.17, 15) is 9.59 Å². The number of ether oxygens (including phenoxy) is 2. The van der Waals surface area contributed by atoms with Gasteiger partial charge in [-0.2, -0.15) is 0 Å². The molecule has 0 aliphatic carbocycles. The zero-order valence-electron chi connectivity index (χ0n) is 16.5. The van der Waals surface area contributed by atoms with E-state index in [1.807, 2.05) is 18.2 Å². The molecule has 0 saturated carbocycles. The van der Waals surface area contributed by atoms with Crippen molar-refractivity contribution in [2.24, 2.45) is 0 Å². The Hall–Kier alpha value is -3.28. The van der Waals surface area contributed by atoms with Crippen molar-refractivity contribution in [3.63, 3.8) is 0 Å². The normalized spacial score (nSPS) is 10.5. The van der Waals surface area contributed by atoms with Crippen molar-refractivity contribution in [1.29, 1.82) is 0 Å². The molecule has 2 amide bonds. The lowest BCUT2D eigenvalue weighted by Gasteiger charge is -2.11. The molecule has 2 aromatic carbocycles. The first-order valence-corrected chi connectivity index (χ1v) is 9.19. The summed E-state index contributed by atoms with van der Waals surface area (Å²) in [7, 11) is 1.59. The van der Waals surface area contributed by atoms with Crippen LogP contribution in [0.4, 0.5) is 11.4 Å². The van der Waals surface area contributed by atoms with Crippen LogP contribution in [0.1, 0.15) is 32.3 Å². The van der Waals surface area contributed by atoms with Gasteiger partial charge in [0.2, 0.25) is 11.8 Å². The smallest absolute Gasteiger partial charge is 0.248 e. The SMILES string of the molecule is CCCCOc1ccc(/C=C/C(=O)Nc2cccc(NC(C)=O)c2)cc1OC. The van der Waals surface area contributed by atoms with E-state index in [0.717, 1.165) is 18.4 Å². The van der Waals surface area contributed by atoms with Crippen LogP contribution < -0.4 is 20.1 Å². The molecular formula is C22H26N2O4. The molecule has 6 nitrogen and oxygen atoms in total. The monoisotopic (exact) mass is 382 g/mol. The number of amides is 2. The molecule has 148 valence electrons. The summed E-state index contributed by atoms with van der Waals surface area (Å²) in [6.45, 7) is 4.18. The molecule has 0 spiro atoms. The van der Waals surface area contributed by atoms with Crippen molar-refractivity contribution in [1.82, 2.24) is 0 Å². The number of benzene rings is 2. The molecule has 0 radical (unpaired) electrons. The van der Waals surface area contributed by atoms with Gasteiger partial charge in [-0.15, -0.1) is 0 Å². The molecule has 2 N–H and O–H groups in total. The first-order chi connectivity index (χ1) is 13.5. The Kier molecular flexibility index (Phi) is 8.09. The van der Waals surface area contributed by atoms with Gasteiger partial charge >= 0.3 is 0 Å². The van der Waals surface area contributed by atoms with Gasteiger partial charge in [0, 0.05) is 24.4 Å². The standard InChI is InChI=1S/C22H26N2O4/c1-4-5-13-28-20-11-9-17(14-21(20)27-3)10-12-22(26)24-19-8-6-7-18(15-19)23-16(2)25/h6-12,14-15H,4-5,13H2,1-3H3,(H,23,25)(H,24,26)/b12-10+. The first-order valence-electron chi connectivity index (χ1n) is 9.19. The number of hydrogen-bond donors (Lipinski definition) is 2. The molecule has 0 aliphatic rings. The molecule has 0 unspecified atom stereocenters.